The van der Waals surface area contributed by atoms with Crippen LogP contribution in [-0.2, 0) is 11.2 Å². The van der Waals surface area contributed by atoms with Crippen LogP contribution in [0.4, 0.5) is 10.7 Å². The van der Waals surface area contributed by atoms with Gasteiger partial charge >= 0.3 is 6.09 Å². The third-order valence-corrected chi connectivity index (χ3v) is 3.98. The van der Waals surface area contributed by atoms with Crippen LogP contribution in [0, 0.1) is 0 Å². The Balaban J connectivity index is 1.87. The van der Waals surface area contributed by atoms with E-state index in [0.717, 1.165) is 18.8 Å². The Bertz CT molecular complexity index is 554. The summed E-state index contributed by atoms with van der Waals surface area (Å²) in [7, 11) is 1.94. The van der Waals surface area contributed by atoms with Gasteiger partial charge in [0.15, 0.2) is 0 Å². The molecule has 6 nitrogen and oxygen atoms in total. The molecule has 1 atom stereocenters. The zero-order valence-corrected chi connectivity index (χ0v) is 14.8. The fraction of sp³-hybridized carbons (Fsp3) is 0.706. The van der Waals surface area contributed by atoms with Gasteiger partial charge in [0.1, 0.15) is 5.60 Å². The van der Waals surface area contributed by atoms with Crippen LogP contribution in [0.2, 0.25) is 0 Å². The fourth-order valence-corrected chi connectivity index (χ4v) is 2.74. The standard InChI is InChI=1S/C17H28N4O2/c1-6-12-7-8-13-11-19-15(20-14(12)13)21(5)10-9-18-16(22)23-17(2,3)4/h11-12H,6-10H2,1-5H3,(H,18,22). The summed E-state index contributed by atoms with van der Waals surface area (Å²) in [5.74, 6) is 1.27. The van der Waals surface area contributed by atoms with Crippen molar-refractivity contribution in [2.45, 2.75) is 58.5 Å². The number of carbonyl (C=O) groups is 1. The molecule has 128 valence electrons. The number of rotatable bonds is 5. The average Bonchev–Trinajstić information content (AvgIpc) is 2.87. The summed E-state index contributed by atoms with van der Waals surface area (Å²) in [4.78, 5) is 22.8. The molecular formula is C17H28N4O2. The van der Waals surface area contributed by atoms with E-state index in [4.69, 9.17) is 9.72 Å². The van der Waals surface area contributed by atoms with Gasteiger partial charge in [0.25, 0.3) is 0 Å². The van der Waals surface area contributed by atoms with E-state index in [1.165, 1.54) is 17.7 Å². The molecule has 0 radical (unpaired) electrons. The zero-order valence-electron chi connectivity index (χ0n) is 14.8. The Morgan fingerprint density at radius 2 is 2.22 bits per heavy atom. The monoisotopic (exact) mass is 320 g/mol. The molecule has 2 rings (SSSR count). The van der Waals surface area contributed by atoms with Crippen molar-refractivity contribution >= 4 is 12.0 Å². The highest BCUT2D eigenvalue weighted by molar-refractivity contribution is 5.67. The Labute approximate surface area is 138 Å². The second-order valence-electron chi connectivity index (χ2n) is 7.07. The molecule has 1 heterocycles. The number of alkyl carbamates (subject to hydrolysis) is 1. The molecule has 0 aromatic carbocycles. The average molecular weight is 320 g/mol. The lowest BCUT2D eigenvalue weighted by atomic mass is 10.0. The Morgan fingerprint density at radius 3 is 2.87 bits per heavy atom. The molecule has 23 heavy (non-hydrogen) atoms. The van der Waals surface area contributed by atoms with Crippen molar-refractivity contribution in [2.24, 2.45) is 0 Å². The lowest BCUT2D eigenvalue weighted by Crippen LogP contribution is -2.37. The zero-order chi connectivity index (χ0) is 17.0. The van der Waals surface area contributed by atoms with Gasteiger partial charge in [-0.2, -0.15) is 0 Å². The Kier molecular flexibility index (Phi) is 5.44. The molecule has 0 bridgehead atoms. The Hall–Kier alpha value is -1.85. The van der Waals surface area contributed by atoms with Crippen LogP contribution >= 0.6 is 0 Å². The summed E-state index contributed by atoms with van der Waals surface area (Å²) in [5, 5.41) is 2.75. The van der Waals surface area contributed by atoms with Crippen molar-refractivity contribution in [3.63, 3.8) is 0 Å². The summed E-state index contributed by atoms with van der Waals surface area (Å²) in [5.41, 5.74) is 2.00. The third-order valence-electron chi connectivity index (χ3n) is 3.98. The van der Waals surface area contributed by atoms with Crippen molar-refractivity contribution in [1.29, 1.82) is 0 Å². The van der Waals surface area contributed by atoms with Gasteiger partial charge < -0.3 is 15.0 Å². The number of aryl methyl sites for hydroxylation is 1. The van der Waals surface area contributed by atoms with Crippen molar-refractivity contribution < 1.29 is 9.53 Å². The molecule has 1 aromatic heterocycles. The van der Waals surface area contributed by atoms with Crippen LogP contribution in [0.5, 0.6) is 0 Å². The van der Waals surface area contributed by atoms with Crippen LogP contribution < -0.4 is 10.2 Å². The highest BCUT2D eigenvalue weighted by atomic mass is 16.6. The van der Waals surface area contributed by atoms with E-state index in [-0.39, 0.29) is 0 Å². The summed E-state index contributed by atoms with van der Waals surface area (Å²) in [6.45, 7) is 8.87. The summed E-state index contributed by atoms with van der Waals surface area (Å²) < 4.78 is 5.21. The van der Waals surface area contributed by atoms with E-state index < -0.39 is 11.7 Å². The molecule has 0 saturated heterocycles. The predicted molar refractivity (Wildman–Crippen MR) is 90.9 cm³/mol. The van der Waals surface area contributed by atoms with E-state index in [0.29, 0.717) is 19.0 Å². The summed E-state index contributed by atoms with van der Waals surface area (Å²) in [6.07, 6.45) is 4.93. The molecule has 1 N–H and O–H groups in total. The van der Waals surface area contributed by atoms with E-state index in [2.05, 4.69) is 17.2 Å². The summed E-state index contributed by atoms with van der Waals surface area (Å²) in [6, 6.07) is 0. The molecule has 0 spiro atoms. The third kappa shape index (κ3) is 4.81. The SMILES string of the molecule is CCC1CCc2cnc(N(C)CCNC(=O)OC(C)(C)C)nc21. The summed E-state index contributed by atoms with van der Waals surface area (Å²) >= 11 is 0. The molecule has 1 aliphatic carbocycles. The second-order valence-corrected chi connectivity index (χ2v) is 7.07. The number of anilines is 1. The molecule has 1 amide bonds. The molecule has 1 unspecified atom stereocenters. The molecule has 6 heteroatoms. The minimum absolute atomic E-state index is 0.396. The number of likely N-dealkylation sites (N-methyl/N-ethyl adjacent to an activating group) is 1. The number of nitrogens with one attached hydrogen (secondary N) is 1. The molecule has 0 aliphatic heterocycles. The number of carbonyl (C=O) groups excluding carboxylic acids is 1. The topological polar surface area (TPSA) is 67.4 Å². The van der Waals surface area contributed by atoms with Gasteiger partial charge in [-0.3, -0.25) is 0 Å². The Morgan fingerprint density at radius 1 is 1.48 bits per heavy atom. The van der Waals surface area contributed by atoms with Gasteiger partial charge in [-0.05, 0) is 45.6 Å². The highest BCUT2D eigenvalue weighted by Gasteiger charge is 2.24. The van der Waals surface area contributed by atoms with Gasteiger partial charge in [-0.15, -0.1) is 0 Å². The van der Waals surface area contributed by atoms with Gasteiger partial charge in [-0.1, -0.05) is 6.92 Å². The second kappa shape index (κ2) is 7.15. The van der Waals surface area contributed by atoms with Crippen molar-refractivity contribution in [2.75, 3.05) is 25.0 Å². The van der Waals surface area contributed by atoms with E-state index in [1.807, 2.05) is 38.9 Å². The normalized spacial score (nSPS) is 16.8. The van der Waals surface area contributed by atoms with Crippen LogP contribution in [-0.4, -0.2) is 41.8 Å². The lowest BCUT2D eigenvalue weighted by Gasteiger charge is -2.21. The number of hydrogen-bond donors (Lipinski definition) is 1. The number of nitrogens with zero attached hydrogens (tertiary/aromatic N) is 3. The minimum Gasteiger partial charge on any atom is -0.444 e. The van der Waals surface area contributed by atoms with Gasteiger partial charge in [-0.25, -0.2) is 14.8 Å². The first-order valence-electron chi connectivity index (χ1n) is 8.34. The first kappa shape index (κ1) is 17.5. The highest BCUT2D eigenvalue weighted by Crippen LogP contribution is 2.34. The maximum atomic E-state index is 11.6. The fourth-order valence-electron chi connectivity index (χ4n) is 2.74. The molecule has 1 aliphatic rings. The van der Waals surface area contributed by atoms with Crippen LogP contribution in [0.25, 0.3) is 0 Å². The first-order valence-corrected chi connectivity index (χ1v) is 8.34. The number of amides is 1. The quantitative estimate of drug-likeness (QED) is 0.903. The lowest BCUT2D eigenvalue weighted by molar-refractivity contribution is 0.0529. The molecule has 0 saturated carbocycles. The van der Waals surface area contributed by atoms with Crippen molar-refractivity contribution in [3.8, 4) is 0 Å². The first-order chi connectivity index (χ1) is 10.8. The van der Waals surface area contributed by atoms with Crippen molar-refractivity contribution in [3.05, 3.63) is 17.5 Å². The number of aromatic nitrogens is 2. The number of ether oxygens (including phenoxy) is 1. The van der Waals surface area contributed by atoms with Crippen molar-refractivity contribution in [1.82, 2.24) is 15.3 Å². The van der Waals surface area contributed by atoms with Crippen LogP contribution in [0.15, 0.2) is 6.20 Å². The predicted octanol–water partition coefficient (Wildman–Crippen LogP) is 2.88. The largest absolute Gasteiger partial charge is 0.444 e. The maximum Gasteiger partial charge on any atom is 0.407 e. The molecular weight excluding hydrogens is 292 g/mol. The molecule has 0 fully saturated rings. The van der Waals surface area contributed by atoms with E-state index >= 15 is 0 Å². The van der Waals surface area contributed by atoms with Crippen LogP contribution in [0.3, 0.4) is 0 Å². The molecule has 1 aromatic rings. The van der Waals surface area contributed by atoms with E-state index in [1.54, 1.807) is 0 Å². The van der Waals surface area contributed by atoms with Crippen LogP contribution in [0.1, 0.15) is 57.7 Å². The van der Waals surface area contributed by atoms with Gasteiger partial charge in [0.05, 0.1) is 5.69 Å². The number of fused-ring (bicyclic) bond motifs is 1. The smallest absolute Gasteiger partial charge is 0.407 e. The van der Waals surface area contributed by atoms with Gasteiger partial charge in [0, 0.05) is 32.3 Å². The van der Waals surface area contributed by atoms with E-state index in [9.17, 15) is 4.79 Å². The minimum atomic E-state index is -0.478. The maximum absolute atomic E-state index is 11.6. The number of hydrogen-bond acceptors (Lipinski definition) is 5. The van der Waals surface area contributed by atoms with Gasteiger partial charge in [0.2, 0.25) is 5.95 Å².